The Balaban J connectivity index is 2.03. The maximum absolute atomic E-state index is 6.03. The minimum Gasteiger partial charge on any atom is -0.376 e. The Hall–Kier alpha value is -1.64. The second-order valence-electron chi connectivity index (χ2n) is 6.22. The van der Waals surface area contributed by atoms with Crippen LogP contribution in [0, 0.1) is 0 Å². The van der Waals surface area contributed by atoms with Crippen molar-refractivity contribution >= 4 is 13.3 Å². The van der Waals surface area contributed by atoms with Gasteiger partial charge in [0.05, 0.1) is 21.3 Å². The largest absolute Gasteiger partial charge is 0.376 e. The molecule has 2 aromatic carbocycles. The second-order valence-corrected chi connectivity index (χ2v) is 11.0. The van der Waals surface area contributed by atoms with E-state index in [1.54, 1.807) is 0 Å². The number of benzene rings is 2. The fourth-order valence-corrected chi connectivity index (χ4v) is 5.38. The normalized spacial score (nSPS) is 13.4. The molecule has 22 heavy (non-hydrogen) atoms. The second kappa shape index (κ2) is 8.11. The quantitative estimate of drug-likeness (QED) is 0.529. The van der Waals surface area contributed by atoms with Gasteiger partial charge < -0.3 is 4.74 Å². The maximum atomic E-state index is 6.03. The molecule has 0 bridgehead atoms. The number of rotatable bonds is 7. The Morgan fingerprint density at radius 3 is 2.14 bits per heavy atom. The first-order valence-electron chi connectivity index (χ1n) is 7.94. The van der Waals surface area contributed by atoms with Crippen LogP contribution in [0.25, 0.3) is 0 Å². The average Bonchev–Trinajstić information content (AvgIpc) is 2.56. The van der Waals surface area contributed by atoms with Gasteiger partial charge >= 0.3 is 0 Å². The predicted molar refractivity (Wildman–Crippen MR) is 98.2 cm³/mol. The van der Waals surface area contributed by atoms with Crippen molar-refractivity contribution in [3.8, 4) is 0 Å². The molecule has 0 aliphatic carbocycles. The molecule has 0 fully saturated rings. The predicted octanol–water partition coefficient (Wildman–Crippen LogP) is 4.77. The topological polar surface area (TPSA) is 9.23 Å². The molecule has 0 aliphatic rings. The summed E-state index contributed by atoms with van der Waals surface area (Å²) in [5.41, 5.74) is 1.73. The van der Waals surface area contributed by atoms with Crippen LogP contribution in [0.2, 0.25) is 18.6 Å². The van der Waals surface area contributed by atoms with Crippen molar-refractivity contribution < 1.29 is 4.74 Å². The minimum absolute atomic E-state index is 0.489. The molecule has 0 N–H and O–H groups in total. The van der Waals surface area contributed by atoms with Crippen LogP contribution in [0.1, 0.15) is 12.5 Å². The molecule has 116 valence electrons. The Kier molecular flexibility index (Phi) is 6.17. The monoisotopic (exact) mass is 310 g/mol. The average molecular weight is 311 g/mol. The van der Waals surface area contributed by atoms with Crippen LogP contribution >= 0.6 is 0 Å². The molecule has 0 aromatic heterocycles. The van der Waals surface area contributed by atoms with Gasteiger partial charge in [0.25, 0.3) is 0 Å². The van der Waals surface area contributed by atoms with Gasteiger partial charge in [0, 0.05) is 0 Å². The molecule has 0 aliphatic heterocycles. The Morgan fingerprint density at radius 1 is 0.955 bits per heavy atom. The third kappa shape index (κ3) is 4.42. The van der Waals surface area contributed by atoms with Crippen LogP contribution in [0.15, 0.2) is 72.8 Å². The maximum Gasteiger partial charge on any atom is 0.0898 e. The third-order valence-corrected chi connectivity index (χ3v) is 8.31. The van der Waals surface area contributed by atoms with Gasteiger partial charge in [-0.15, -0.1) is 0 Å². The zero-order valence-electron chi connectivity index (χ0n) is 13.8. The van der Waals surface area contributed by atoms with Gasteiger partial charge in [-0.2, -0.15) is 0 Å². The zero-order chi connectivity index (χ0) is 15.8. The highest BCUT2D eigenvalue weighted by atomic mass is 28.3. The van der Waals surface area contributed by atoms with Crippen molar-refractivity contribution in [1.29, 1.82) is 0 Å². The molecule has 0 amide bonds. The molecule has 2 heteroatoms. The summed E-state index contributed by atoms with van der Waals surface area (Å²) in [4.78, 5) is 0. The van der Waals surface area contributed by atoms with Gasteiger partial charge in [-0.3, -0.25) is 0 Å². The van der Waals surface area contributed by atoms with Crippen LogP contribution < -0.4 is 5.19 Å². The van der Waals surface area contributed by atoms with Crippen molar-refractivity contribution in [3.63, 3.8) is 0 Å². The van der Waals surface area contributed by atoms with Crippen molar-refractivity contribution in [3.05, 3.63) is 78.4 Å². The number of hydrogen-bond donors (Lipinski definition) is 0. The van der Waals surface area contributed by atoms with E-state index in [9.17, 15) is 0 Å². The molecule has 2 aromatic rings. The van der Waals surface area contributed by atoms with Crippen molar-refractivity contribution in [2.45, 2.75) is 32.2 Å². The number of allylic oxidation sites excluding steroid dienone is 1. The van der Waals surface area contributed by atoms with Gasteiger partial charge in [0.2, 0.25) is 0 Å². The molecule has 0 spiro atoms. The summed E-state index contributed by atoms with van der Waals surface area (Å²) in [6.45, 7) is 8.43. The lowest BCUT2D eigenvalue weighted by Crippen LogP contribution is -2.46. The van der Waals surface area contributed by atoms with E-state index in [0.717, 1.165) is 6.61 Å². The zero-order valence-corrected chi connectivity index (χ0v) is 14.8. The van der Waals surface area contributed by atoms with Gasteiger partial charge in [0.1, 0.15) is 0 Å². The molecule has 0 saturated heterocycles. The standard InChI is InChI=1S/C20H26OSi/c1-4-11-20(17-21-16-18-12-7-5-8-13-18)22(2,3)19-14-9-6-10-15-19/h4-15,20H,16-17H2,1-3H3/b11-4+/t20-/m1/s1. The molecular formula is C20H26OSi. The lowest BCUT2D eigenvalue weighted by Gasteiger charge is -2.31. The number of ether oxygens (including phenoxy) is 1. The lowest BCUT2D eigenvalue weighted by atomic mass is 10.2. The minimum atomic E-state index is -1.58. The van der Waals surface area contributed by atoms with E-state index in [1.165, 1.54) is 10.8 Å². The molecule has 0 saturated carbocycles. The molecule has 1 nitrogen and oxygen atoms in total. The first kappa shape index (κ1) is 16.7. The molecule has 0 radical (unpaired) electrons. The first-order chi connectivity index (χ1) is 10.6. The van der Waals surface area contributed by atoms with Gasteiger partial charge in [-0.05, 0) is 18.0 Å². The summed E-state index contributed by atoms with van der Waals surface area (Å²) in [5, 5.41) is 1.49. The molecular weight excluding hydrogens is 284 g/mol. The van der Waals surface area contributed by atoms with Crippen LogP contribution in [0.5, 0.6) is 0 Å². The molecule has 1 atom stereocenters. The lowest BCUT2D eigenvalue weighted by molar-refractivity contribution is 0.124. The van der Waals surface area contributed by atoms with Crippen LogP contribution in [0.3, 0.4) is 0 Å². The highest BCUT2D eigenvalue weighted by molar-refractivity contribution is 6.91. The number of hydrogen-bond acceptors (Lipinski definition) is 1. The van der Waals surface area contributed by atoms with E-state index >= 15 is 0 Å². The summed E-state index contributed by atoms with van der Waals surface area (Å²) in [5.74, 6) is 0. The molecule has 0 unspecified atom stereocenters. The van der Waals surface area contributed by atoms with Crippen molar-refractivity contribution in [2.24, 2.45) is 0 Å². The van der Waals surface area contributed by atoms with Crippen LogP contribution in [-0.4, -0.2) is 14.7 Å². The molecule has 0 heterocycles. The third-order valence-electron chi connectivity index (χ3n) is 4.28. The van der Waals surface area contributed by atoms with Crippen LogP contribution in [-0.2, 0) is 11.3 Å². The Morgan fingerprint density at radius 2 is 1.55 bits per heavy atom. The van der Waals surface area contributed by atoms with E-state index in [1.807, 2.05) is 6.07 Å². The van der Waals surface area contributed by atoms with Crippen molar-refractivity contribution in [2.75, 3.05) is 6.61 Å². The SMILES string of the molecule is C/C=C/[C@H](COCc1ccccc1)[Si](C)(C)c1ccccc1. The van der Waals surface area contributed by atoms with Gasteiger partial charge in [-0.25, -0.2) is 0 Å². The van der Waals surface area contributed by atoms with Gasteiger partial charge in [-0.1, -0.05) is 91.1 Å². The summed E-state index contributed by atoms with van der Waals surface area (Å²) in [7, 11) is -1.58. The summed E-state index contributed by atoms with van der Waals surface area (Å²) in [6.07, 6.45) is 4.48. The van der Waals surface area contributed by atoms with E-state index in [4.69, 9.17) is 4.74 Å². The van der Waals surface area contributed by atoms with Crippen molar-refractivity contribution in [1.82, 2.24) is 0 Å². The Bertz CT molecular complexity index is 575. The van der Waals surface area contributed by atoms with Crippen LogP contribution in [0.4, 0.5) is 0 Å². The Labute approximate surface area is 135 Å². The van der Waals surface area contributed by atoms with Gasteiger partial charge in [0.15, 0.2) is 0 Å². The van der Waals surface area contributed by atoms with E-state index in [2.05, 4.69) is 86.8 Å². The highest BCUT2D eigenvalue weighted by Gasteiger charge is 2.31. The summed E-state index contributed by atoms with van der Waals surface area (Å²) < 4.78 is 6.03. The van der Waals surface area contributed by atoms with E-state index < -0.39 is 8.07 Å². The summed E-state index contributed by atoms with van der Waals surface area (Å²) >= 11 is 0. The fraction of sp³-hybridized carbons (Fsp3) is 0.300. The van der Waals surface area contributed by atoms with E-state index in [0.29, 0.717) is 12.1 Å². The molecule has 2 rings (SSSR count). The smallest absolute Gasteiger partial charge is 0.0898 e. The highest BCUT2D eigenvalue weighted by Crippen LogP contribution is 2.24. The van der Waals surface area contributed by atoms with E-state index in [-0.39, 0.29) is 0 Å². The summed E-state index contributed by atoms with van der Waals surface area (Å²) in [6, 6.07) is 21.3. The first-order valence-corrected chi connectivity index (χ1v) is 11.0. The fourth-order valence-electron chi connectivity index (χ4n) is 2.70.